The molecule has 0 amide bonds. The van der Waals surface area contributed by atoms with E-state index >= 15 is 0 Å². The zero-order chi connectivity index (χ0) is 13.7. The van der Waals surface area contributed by atoms with E-state index in [1.54, 1.807) is 6.92 Å². The Morgan fingerprint density at radius 1 is 1.42 bits per heavy atom. The number of carbonyl (C=O) groups is 1. The van der Waals surface area contributed by atoms with Crippen molar-refractivity contribution in [2.24, 2.45) is 0 Å². The number of hydrogen-bond donors (Lipinski definition) is 0. The van der Waals surface area contributed by atoms with Crippen LogP contribution < -0.4 is 0 Å². The van der Waals surface area contributed by atoms with Gasteiger partial charge in [-0.3, -0.25) is 4.90 Å². The first kappa shape index (κ1) is 13.8. The topological polar surface area (TPSA) is 29.5 Å². The van der Waals surface area contributed by atoms with Gasteiger partial charge in [0.05, 0.1) is 0 Å². The lowest BCUT2D eigenvalue weighted by Crippen LogP contribution is -2.40. The van der Waals surface area contributed by atoms with E-state index in [1.165, 1.54) is 5.56 Å². The second-order valence-electron chi connectivity index (χ2n) is 5.17. The van der Waals surface area contributed by atoms with Gasteiger partial charge >= 0.3 is 5.97 Å². The molecule has 0 spiro atoms. The molecule has 0 radical (unpaired) electrons. The van der Waals surface area contributed by atoms with Gasteiger partial charge in [0.25, 0.3) is 0 Å². The number of hydrogen-bond acceptors (Lipinski definition) is 3. The maximum atomic E-state index is 11.5. The SMILES string of the molecule is C=C(C)C(=O)OC1CCCN(Cc2ccccc2)C1. The molecule has 102 valence electrons. The summed E-state index contributed by atoms with van der Waals surface area (Å²) in [7, 11) is 0. The highest BCUT2D eigenvalue weighted by molar-refractivity contribution is 5.87. The molecule has 19 heavy (non-hydrogen) atoms. The highest BCUT2D eigenvalue weighted by Crippen LogP contribution is 2.16. The van der Waals surface area contributed by atoms with Crippen LogP contribution in [-0.2, 0) is 16.1 Å². The van der Waals surface area contributed by atoms with E-state index in [0.29, 0.717) is 5.57 Å². The molecule has 1 unspecified atom stereocenters. The third-order valence-corrected chi connectivity index (χ3v) is 3.33. The molecule has 1 aromatic rings. The van der Waals surface area contributed by atoms with Gasteiger partial charge in [0.1, 0.15) is 6.10 Å². The van der Waals surface area contributed by atoms with Gasteiger partial charge in [0, 0.05) is 18.7 Å². The second-order valence-corrected chi connectivity index (χ2v) is 5.17. The first-order valence-electron chi connectivity index (χ1n) is 6.78. The molecule has 1 saturated heterocycles. The van der Waals surface area contributed by atoms with Gasteiger partial charge in [-0.05, 0) is 31.9 Å². The fraction of sp³-hybridized carbons (Fsp3) is 0.438. The Morgan fingerprint density at radius 3 is 2.84 bits per heavy atom. The van der Waals surface area contributed by atoms with Gasteiger partial charge in [0.15, 0.2) is 0 Å². The zero-order valence-corrected chi connectivity index (χ0v) is 11.5. The number of esters is 1. The summed E-state index contributed by atoms with van der Waals surface area (Å²) in [4.78, 5) is 13.9. The van der Waals surface area contributed by atoms with Crippen LogP contribution in [0.15, 0.2) is 42.5 Å². The molecule has 3 heteroatoms. The van der Waals surface area contributed by atoms with E-state index < -0.39 is 0 Å². The first-order valence-corrected chi connectivity index (χ1v) is 6.78. The van der Waals surface area contributed by atoms with Crippen molar-refractivity contribution in [1.29, 1.82) is 0 Å². The van der Waals surface area contributed by atoms with E-state index in [2.05, 4.69) is 35.7 Å². The van der Waals surface area contributed by atoms with E-state index in [0.717, 1.165) is 32.5 Å². The van der Waals surface area contributed by atoms with E-state index in [4.69, 9.17) is 4.74 Å². The minimum atomic E-state index is -0.272. The quantitative estimate of drug-likeness (QED) is 0.615. The molecule has 2 rings (SSSR count). The van der Waals surface area contributed by atoms with E-state index in [-0.39, 0.29) is 12.1 Å². The molecule has 0 saturated carbocycles. The summed E-state index contributed by atoms with van der Waals surface area (Å²) in [5.41, 5.74) is 1.77. The van der Waals surface area contributed by atoms with Crippen LogP contribution in [0.4, 0.5) is 0 Å². The van der Waals surface area contributed by atoms with Crippen LogP contribution in [0.5, 0.6) is 0 Å². The van der Waals surface area contributed by atoms with Gasteiger partial charge in [-0.15, -0.1) is 0 Å². The molecule has 0 bridgehead atoms. The molecule has 0 aliphatic carbocycles. The highest BCUT2D eigenvalue weighted by Gasteiger charge is 2.23. The van der Waals surface area contributed by atoms with Gasteiger partial charge in [-0.2, -0.15) is 0 Å². The maximum Gasteiger partial charge on any atom is 0.333 e. The van der Waals surface area contributed by atoms with Crippen molar-refractivity contribution in [2.75, 3.05) is 13.1 Å². The fourth-order valence-corrected chi connectivity index (χ4v) is 2.35. The summed E-state index contributed by atoms with van der Waals surface area (Å²) in [5, 5.41) is 0. The molecule has 1 atom stereocenters. The second kappa shape index (κ2) is 6.53. The summed E-state index contributed by atoms with van der Waals surface area (Å²) < 4.78 is 5.44. The average Bonchev–Trinajstić information content (AvgIpc) is 2.40. The first-order chi connectivity index (χ1) is 9.15. The Balaban J connectivity index is 1.87. The van der Waals surface area contributed by atoms with Gasteiger partial charge in [0.2, 0.25) is 0 Å². The number of piperidine rings is 1. The molecule has 1 fully saturated rings. The van der Waals surface area contributed by atoms with Crippen LogP contribution in [0.25, 0.3) is 0 Å². The molecule has 1 heterocycles. The van der Waals surface area contributed by atoms with Crippen LogP contribution in [-0.4, -0.2) is 30.1 Å². The Labute approximate surface area is 114 Å². The van der Waals surface area contributed by atoms with E-state index in [1.807, 2.05) is 6.07 Å². The summed E-state index contributed by atoms with van der Waals surface area (Å²) in [6.07, 6.45) is 2.02. The largest absolute Gasteiger partial charge is 0.458 e. The molecule has 1 aliphatic heterocycles. The zero-order valence-electron chi connectivity index (χ0n) is 11.5. The smallest absolute Gasteiger partial charge is 0.333 e. The van der Waals surface area contributed by atoms with Gasteiger partial charge in [-0.1, -0.05) is 36.9 Å². The average molecular weight is 259 g/mol. The van der Waals surface area contributed by atoms with Crippen molar-refractivity contribution >= 4 is 5.97 Å². The molecular formula is C16H21NO2. The monoisotopic (exact) mass is 259 g/mol. The van der Waals surface area contributed by atoms with E-state index in [9.17, 15) is 4.79 Å². The predicted octanol–water partition coefficient (Wildman–Crippen LogP) is 2.77. The van der Waals surface area contributed by atoms with Crippen molar-refractivity contribution in [1.82, 2.24) is 4.90 Å². The van der Waals surface area contributed by atoms with Crippen molar-refractivity contribution in [3.8, 4) is 0 Å². The number of benzene rings is 1. The summed E-state index contributed by atoms with van der Waals surface area (Å²) in [6.45, 7) is 8.10. The Morgan fingerprint density at radius 2 is 2.16 bits per heavy atom. The van der Waals surface area contributed by atoms with Crippen molar-refractivity contribution < 1.29 is 9.53 Å². The van der Waals surface area contributed by atoms with Gasteiger partial charge in [-0.25, -0.2) is 4.79 Å². The number of nitrogens with zero attached hydrogens (tertiary/aromatic N) is 1. The summed E-state index contributed by atoms with van der Waals surface area (Å²) in [6, 6.07) is 10.4. The highest BCUT2D eigenvalue weighted by atomic mass is 16.5. The third-order valence-electron chi connectivity index (χ3n) is 3.33. The molecule has 0 aromatic heterocycles. The van der Waals surface area contributed by atoms with Crippen LogP contribution in [0, 0.1) is 0 Å². The lowest BCUT2D eigenvalue weighted by atomic mass is 10.1. The Bertz CT molecular complexity index is 441. The Kier molecular flexibility index (Phi) is 4.74. The normalized spacial score (nSPS) is 19.9. The van der Waals surface area contributed by atoms with Crippen LogP contribution in [0.3, 0.4) is 0 Å². The summed E-state index contributed by atoms with van der Waals surface area (Å²) in [5.74, 6) is -0.272. The van der Waals surface area contributed by atoms with Crippen LogP contribution in [0.1, 0.15) is 25.3 Å². The molecule has 0 N–H and O–H groups in total. The lowest BCUT2D eigenvalue weighted by molar-refractivity contribution is -0.146. The number of rotatable bonds is 4. The number of ether oxygens (including phenoxy) is 1. The van der Waals surface area contributed by atoms with Crippen LogP contribution >= 0.6 is 0 Å². The minimum Gasteiger partial charge on any atom is -0.458 e. The van der Waals surface area contributed by atoms with Crippen molar-refractivity contribution in [3.05, 3.63) is 48.0 Å². The van der Waals surface area contributed by atoms with Gasteiger partial charge < -0.3 is 4.74 Å². The maximum absolute atomic E-state index is 11.5. The number of carbonyl (C=O) groups excluding carboxylic acids is 1. The molecule has 1 aliphatic rings. The predicted molar refractivity (Wildman–Crippen MR) is 75.6 cm³/mol. The van der Waals surface area contributed by atoms with Crippen molar-refractivity contribution in [3.63, 3.8) is 0 Å². The molecular weight excluding hydrogens is 238 g/mol. The molecule has 1 aromatic carbocycles. The summed E-state index contributed by atoms with van der Waals surface area (Å²) >= 11 is 0. The molecule has 3 nitrogen and oxygen atoms in total. The van der Waals surface area contributed by atoms with Crippen molar-refractivity contribution in [2.45, 2.75) is 32.4 Å². The minimum absolute atomic E-state index is 0.00154. The number of likely N-dealkylation sites (tertiary alicyclic amines) is 1. The standard InChI is InChI=1S/C16H21NO2/c1-13(2)16(18)19-15-9-6-10-17(12-15)11-14-7-4-3-5-8-14/h3-5,7-8,15H,1,6,9-12H2,2H3. The lowest BCUT2D eigenvalue weighted by Gasteiger charge is -2.32. The van der Waals surface area contributed by atoms with Crippen LogP contribution in [0.2, 0.25) is 0 Å². The Hall–Kier alpha value is -1.61. The third kappa shape index (κ3) is 4.21. The fourth-order valence-electron chi connectivity index (χ4n) is 2.35.